The van der Waals surface area contributed by atoms with Crippen molar-refractivity contribution in [3.05, 3.63) is 0 Å². The number of likely N-dealkylation sites (N-methyl/N-ethyl adjacent to an activating group) is 1. The predicted octanol–water partition coefficient (Wildman–Crippen LogP) is 0.339. The Morgan fingerprint density at radius 2 is 2.25 bits per heavy atom. The summed E-state index contributed by atoms with van der Waals surface area (Å²) in [6.07, 6.45) is 2.00. The molecular formula is C11H19NO4. The number of aliphatic carboxylic acids is 1. The summed E-state index contributed by atoms with van der Waals surface area (Å²) < 4.78 is 10.8. The fourth-order valence-corrected chi connectivity index (χ4v) is 2.36. The fraction of sp³-hybridized carbons (Fsp3) is 0.909. The van der Waals surface area contributed by atoms with E-state index in [1.165, 1.54) is 0 Å². The summed E-state index contributed by atoms with van der Waals surface area (Å²) in [4.78, 5) is 13.0. The van der Waals surface area contributed by atoms with Crippen molar-refractivity contribution in [3.8, 4) is 0 Å². The zero-order chi connectivity index (χ0) is 11.5. The highest BCUT2D eigenvalue weighted by Gasteiger charge is 2.32. The summed E-state index contributed by atoms with van der Waals surface area (Å²) in [5, 5.41) is 8.82. The van der Waals surface area contributed by atoms with Crippen LogP contribution in [0.2, 0.25) is 0 Å². The Balaban J connectivity index is 1.75. The minimum absolute atomic E-state index is 0.0618. The average Bonchev–Trinajstić information content (AvgIpc) is 2.87. The molecule has 0 aromatic rings. The molecule has 5 nitrogen and oxygen atoms in total. The van der Waals surface area contributed by atoms with Crippen LogP contribution in [0.25, 0.3) is 0 Å². The molecule has 2 heterocycles. The van der Waals surface area contributed by atoms with Crippen LogP contribution < -0.4 is 0 Å². The summed E-state index contributed by atoms with van der Waals surface area (Å²) in [6, 6.07) is 0.465. The highest BCUT2D eigenvalue weighted by Crippen LogP contribution is 2.22. The van der Waals surface area contributed by atoms with E-state index >= 15 is 0 Å². The largest absolute Gasteiger partial charge is 0.479 e. The first-order chi connectivity index (χ1) is 7.66. The van der Waals surface area contributed by atoms with Crippen molar-refractivity contribution < 1.29 is 19.4 Å². The van der Waals surface area contributed by atoms with E-state index in [2.05, 4.69) is 11.9 Å². The van der Waals surface area contributed by atoms with Crippen molar-refractivity contribution in [2.24, 2.45) is 0 Å². The maximum Gasteiger partial charge on any atom is 0.332 e. The minimum Gasteiger partial charge on any atom is -0.479 e. The lowest BCUT2D eigenvalue weighted by molar-refractivity contribution is -0.149. The second-order valence-corrected chi connectivity index (χ2v) is 4.62. The normalized spacial score (nSPS) is 34.8. The van der Waals surface area contributed by atoms with Gasteiger partial charge in [0.05, 0.1) is 12.7 Å². The van der Waals surface area contributed by atoms with Gasteiger partial charge in [-0.3, -0.25) is 4.90 Å². The molecule has 16 heavy (non-hydrogen) atoms. The number of carboxylic acid groups (broad SMARTS) is 1. The number of carbonyl (C=O) groups is 1. The average molecular weight is 229 g/mol. The molecule has 2 rings (SSSR count). The third kappa shape index (κ3) is 2.72. The van der Waals surface area contributed by atoms with Crippen LogP contribution >= 0.6 is 0 Å². The smallest absolute Gasteiger partial charge is 0.332 e. The minimum atomic E-state index is -0.839. The van der Waals surface area contributed by atoms with E-state index in [1.54, 1.807) is 0 Å². The molecule has 1 N–H and O–H groups in total. The van der Waals surface area contributed by atoms with Crippen molar-refractivity contribution in [1.82, 2.24) is 4.90 Å². The summed E-state index contributed by atoms with van der Waals surface area (Å²) in [7, 11) is 2.05. The lowest BCUT2D eigenvalue weighted by atomic mass is 10.1. The maximum atomic E-state index is 10.7. The van der Waals surface area contributed by atoms with Gasteiger partial charge in [0.25, 0.3) is 0 Å². The van der Waals surface area contributed by atoms with Gasteiger partial charge in [0.1, 0.15) is 0 Å². The number of hydrogen-bond acceptors (Lipinski definition) is 4. The van der Waals surface area contributed by atoms with Gasteiger partial charge in [-0.25, -0.2) is 4.79 Å². The van der Waals surface area contributed by atoms with Crippen molar-refractivity contribution in [3.63, 3.8) is 0 Å². The molecule has 92 valence electrons. The van der Waals surface area contributed by atoms with Gasteiger partial charge in [-0.05, 0) is 26.3 Å². The first-order valence-electron chi connectivity index (χ1n) is 5.83. The van der Waals surface area contributed by atoms with Gasteiger partial charge in [0, 0.05) is 19.2 Å². The number of hydrogen-bond donors (Lipinski definition) is 1. The molecule has 0 aromatic heterocycles. The molecule has 0 amide bonds. The molecule has 5 heteroatoms. The molecule has 2 aliphatic rings. The monoisotopic (exact) mass is 229 g/mol. The second-order valence-electron chi connectivity index (χ2n) is 4.62. The standard InChI is InChI=1S/C11H19NO4/c1-12(8-4-5-15-7-8)6-9-2-3-10(16-9)11(13)14/h8-10H,2-7H2,1H3,(H,13,14). The van der Waals surface area contributed by atoms with E-state index in [0.717, 1.165) is 32.6 Å². The van der Waals surface area contributed by atoms with Crippen LogP contribution in [0.3, 0.4) is 0 Å². The predicted molar refractivity (Wildman–Crippen MR) is 57.4 cm³/mol. The van der Waals surface area contributed by atoms with E-state index < -0.39 is 12.1 Å². The van der Waals surface area contributed by atoms with Gasteiger partial charge < -0.3 is 14.6 Å². The van der Waals surface area contributed by atoms with Crippen molar-refractivity contribution in [2.45, 2.75) is 37.5 Å². The molecule has 2 fully saturated rings. The summed E-state index contributed by atoms with van der Waals surface area (Å²) >= 11 is 0. The molecule has 2 saturated heterocycles. The topological polar surface area (TPSA) is 59.0 Å². The number of ether oxygens (including phenoxy) is 2. The lowest BCUT2D eigenvalue weighted by Gasteiger charge is -2.25. The Morgan fingerprint density at radius 1 is 1.44 bits per heavy atom. The van der Waals surface area contributed by atoms with Crippen molar-refractivity contribution in [1.29, 1.82) is 0 Å². The molecule has 0 spiro atoms. The van der Waals surface area contributed by atoms with E-state index in [4.69, 9.17) is 14.6 Å². The summed E-state index contributed by atoms with van der Waals surface area (Å²) in [5.74, 6) is -0.839. The Kier molecular flexibility index (Phi) is 3.78. The molecule has 0 aromatic carbocycles. The van der Waals surface area contributed by atoms with Crippen LogP contribution in [0, 0.1) is 0 Å². The molecule has 0 radical (unpaired) electrons. The Labute approximate surface area is 95.3 Å². The third-order valence-electron chi connectivity index (χ3n) is 3.40. The zero-order valence-corrected chi connectivity index (χ0v) is 9.59. The van der Waals surface area contributed by atoms with E-state index in [0.29, 0.717) is 12.5 Å². The lowest BCUT2D eigenvalue weighted by Crippen LogP contribution is -2.38. The van der Waals surface area contributed by atoms with Crippen molar-refractivity contribution >= 4 is 5.97 Å². The fourth-order valence-electron chi connectivity index (χ4n) is 2.36. The zero-order valence-electron chi connectivity index (χ0n) is 9.59. The van der Waals surface area contributed by atoms with Crippen LogP contribution in [0.4, 0.5) is 0 Å². The number of carboxylic acids is 1. The first-order valence-corrected chi connectivity index (χ1v) is 5.83. The summed E-state index contributed by atoms with van der Waals surface area (Å²) in [5.41, 5.74) is 0. The van der Waals surface area contributed by atoms with E-state index in [-0.39, 0.29) is 6.10 Å². The van der Waals surface area contributed by atoms with Crippen LogP contribution in [0.5, 0.6) is 0 Å². The van der Waals surface area contributed by atoms with Gasteiger partial charge in [-0.1, -0.05) is 0 Å². The van der Waals surface area contributed by atoms with E-state index in [9.17, 15) is 4.79 Å². The number of nitrogens with zero attached hydrogens (tertiary/aromatic N) is 1. The highest BCUT2D eigenvalue weighted by atomic mass is 16.5. The molecule has 0 aliphatic carbocycles. The quantitative estimate of drug-likeness (QED) is 0.753. The molecular weight excluding hydrogens is 210 g/mol. The van der Waals surface area contributed by atoms with Crippen LogP contribution in [-0.4, -0.2) is 61.0 Å². The van der Waals surface area contributed by atoms with Gasteiger partial charge >= 0.3 is 5.97 Å². The Bertz CT molecular complexity index is 252. The van der Waals surface area contributed by atoms with E-state index in [1.807, 2.05) is 0 Å². The Morgan fingerprint density at radius 3 is 2.81 bits per heavy atom. The van der Waals surface area contributed by atoms with Gasteiger partial charge in [0.15, 0.2) is 6.10 Å². The molecule has 2 aliphatic heterocycles. The van der Waals surface area contributed by atoms with Crippen molar-refractivity contribution in [2.75, 3.05) is 26.8 Å². The molecule has 3 atom stereocenters. The third-order valence-corrected chi connectivity index (χ3v) is 3.40. The van der Waals surface area contributed by atoms with Crippen LogP contribution in [0.1, 0.15) is 19.3 Å². The number of rotatable bonds is 4. The SMILES string of the molecule is CN(CC1CCC(C(=O)O)O1)C1CCOC1. The Hall–Kier alpha value is -0.650. The maximum absolute atomic E-state index is 10.7. The second kappa shape index (κ2) is 5.12. The molecule has 0 saturated carbocycles. The van der Waals surface area contributed by atoms with Gasteiger partial charge in [-0.15, -0.1) is 0 Å². The van der Waals surface area contributed by atoms with Crippen LogP contribution in [0.15, 0.2) is 0 Å². The summed E-state index contributed by atoms with van der Waals surface area (Å²) in [6.45, 7) is 2.42. The molecule has 0 bridgehead atoms. The molecule has 3 unspecified atom stereocenters. The first kappa shape index (κ1) is 11.8. The van der Waals surface area contributed by atoms with Gasteiger partial charge in [0.2, 0.25) is 0 Å². The van der Waals surface area contributed by atoms with Gasteiger partial charge in [-0.2, -0.15) is 0 Å². The highest BCUT2D eigenvalue weighted by molar-refractivity contribution is 5.72. The van der Waals surface area contributed by atoms with Crippen LogP contribution in [-0.2, 0) is 14.3 Å².